The summed E-state index contributed by atoms with van der Waals surface area (Å²) in [4.78, 5) is 0. The third-order valence-corrected chi connectivity index (χ3v) is 5.38. The lowest BCUT2D eigenvalue weighted by atomic mass is 9.96. The van der Waals surface area contributed by atoms with Crippen molar-refractivity contribution < 1.29 is 13.9 Å². The van der Waals surface area contributed by atoms with Crippen LogP contribution in [0.5, 0.6) is 0 Å². The Kier molecular flexibility index (Phi) is 4.99. The van der Waals surface area contributed by atoms with E-state index >= 15 is 0 Å². The van der Waals surface area contributed by atoms with Crippen LogP contribution in [0.4, 0.5) is 8.78 Å². The van der Waals surface area contributed by atoms with Gasteiger partial charge in [-0.25, -0.2) is 8.78 Å². The second-order valence-electron chi connectivity index (χ2n) is 5.88. The van der Waals surface area contributed by atoms with Gasteiger partial charge in [-0.15, -0.1) is 0 Å². The molecule has 0 spiro atoms. The molecule has 0 amide bonds. The third kappa shape index (κ3) is 3.74. The summed E-state index contributed by atoms with van der Waals surface area (Å²) in [6, 6.07) is 12.1. The normalized spacial score (nSPS) is 21.0. The van der Waals surface area contributed by atoms with Gasteiger partial charge >= 0.3 is 0 Å². The molecule has 122 valence electrons. The van der Waals surface area contributed by atoms with E-state index in [2.05, 4.69) is 5.32 Å². The molecule has 2 nitrogen and oxygen atoms in total. The Balaban J connectivity index is 1.91. The maximum atomic E-state index is 14.2. The molecule has 0 radical (unpaired) electrons. The van der Waals surface area contributed by atoms with E-state index in [1.54, 1.807) is 48.2 Å². The van der Waals surface area contributed by atoms with E-state index in [4.69, 9.17) is 0 Å². The summed E-state index contributed by atoms with van der Waals surface area (Å²) in [5, 5.41) is 13.7. The van der Waals surface area contributed by atoms with Crippen molar-refractivity contribution >= 4 is 11.8 Å². The molecule has 0 saturated carbocycles. The first kappa shape index (κ1) is 16.4. The van der Waals surface area contributed by atoms with Crippen molar-refractivity contribution in [3.8, 4) is 0 Å². The molecule has 2 N–H and O–H groups in total. The molecule has 1 fully saturated rings. The van der Waals surface area contributed by atoms with Gasteiger partial charge in [-0.05, 0) is 24.3 Å². The molecule has 3 rings (SSSR count). The lowest BCUT2D eigenvalue weighted by Gasteiger charge is -2.27. The zero-order chi connectivity index (χ0) is 16.3. The van der Waals surface area contributed by atoms with Crippen LogP contribution < -0.4 is 5.32 Å². The zero-order valence-corrected chi connectivity index (χ0v) is 13.5. The van der Waals surface area contributed by atoms with Crippen molar-refractivity contribution in [1.82, 2.24) is 5.32 Å². The predicted molar refractivity (Wildman–Crippen MR) is 89.5 cm³/mol. The van der Waals surface area contributed by atoms with Gasteiger partial charge in [-0.2, -0.15) is 11.8 Å². The molecule has 23 heavy (non-hydrogen) atoms. The number of benzene rings is 2. The first-order chi connectivity index (χ1) is 11.1. The van der Waals surface area contributed by atoms with Crippen LogP contribution in [0.3, 0.4) is 0 Å². The average molecular weight is 335 g/mol. The Morgan fingerprint density at radius 2 is 1.61 bits per heavy atom. The summed E-state index contributed by atoms with van der Waals surface area (Å²) in [5.41, 5.74) is -0.0573. The van der Waals surface area contributed by atoms with Crippen LogP contribution in [-0.2, 0) is 0 Å². The van der Waals surface area contributed by atoms with Gasteiger partial charge in [0.1, 0.15) is 11.6 Å². The molecule has 0 aromatic heterocycles. The summed E-state index contributed by atoms with van der Waals surface area (Å²) >= 11 is 1.69. The molecule has 2 aromatic rings. The molecule has 0 aliphatic carbocycles. The second-order valence-corrected chi connectivity index (χ2v) is 6.99. The lowest BCUT2D eigenvalue weighted by Crippen LogP contribution is -2.42. The summed E-state index contributed by atoms with van der Waals surface area (Å²) < 4.78 is 28.4. The van der Waals surface area contributed by atoms with Crippen LogP contribution in [0.1, 0.15) is 23.6 Å². The highest BCUT2D eigenvalue weighted by atomic mass is 32.2. The molecule has 1 atom stereocenters. The van der Waals surface area contributed by atoms with E-state index in [1.165, 1.54) is 12.1 Å². The van der Waals surface area contributed by atoms with Crippen LogP contribution in [0.2, 0.25) is 0 Å². The quantitative estimate of drug-likeness (QED) is 0.877. The fourth-order valence-corrected chi connectivity index (χ4v) is 4.13. The van der Waals surface area contributed by atoms with Crippen LogP contribution >= 0.6 is 11.8 Å². The highest BCUT2D eigenvalue weighted by Gasteiger charge is 2.33. The standard InChI is InChI=1S/C18H19F2NOS/c19-15-7-3-1-5-13(15)17(14-6-2-4-8-16(14)20)21-11-18(22)9-10-23-12-18/h1-8,17,21-22H,9-12H2. The maximum absolute atomic E-state index is 14.2. The number of aliphatic hydroxyl groups is 1. The smallest absolute Gasteiger partial charge is 0.128 e. The van der Waals surface area contributed by atoms with Crippen molar-refractivity contribution in [2.75, 3.05) is 18.1 Å². The summed E-state index contributed by atoms with van der Waals surface area (Å²) in [5.74, 6) is 0.769. The van der Waals surface area contributed by atoms with Crippen LogP contribution in [-0.4, -0.2) is 28.8 Å². The third-order valence-electron chi connectivity index (χ3n) is 4.15. The molecule has 1 saturated heterocycles. The first-order valence-corrected chi connectivity index (χ1v) is 8.77. The second kappa shape index (κ2) is 6.99. The Morgan fingerprint density at radius 3 is 2.09 bits per heavy atom. The summed E-state index contributed by atoms with van der Waals surface area (Å²) in [6.07, 6.45) is 0.686. The number of hydrogen-bond acceptors (Lipinski definition) is 3. The minimum absolute atomic E-state index is 0.299. The fourth-order valence-electron chi connectivity index (χ4n) is 2.83. The predicted octanol–water partition coefficient (Wildman–Crippen LogP) is 3.51. The first-order valence-electron chi connectivity index (χ1n) is 7.61. The molecular weight excluding hydrogens is 316 g/mol. The highest BCUT2D eigenvalue weighted by molar-refractivity contribution is 7.99. The van der Waals surface area contributed by atoms with Gasteiger partial charge in [0, 0.05) is 23.4 Å². The van der Waals surface area contributed by atoms with Crippen molar-refractivity contribution in [2.45, 2.75) is 18.1 Å². The monoisotopic (exact) mass is 335 g/mol. The molecule has 1 unspecified atom stereocenters. The number of thioether (sulfide) groups is 1. The Bertz CT molecular complexity index is 628. The van der Waals surface area contributed by atoms with Crippen LogP contribution in [0.25, 0.3) is 0 Å². The molecule has 5 heteroatoms. The van der Waals surface area contributed by atoms with Crippen LogP contribution in [0, 0.1) is 11.6 Å². The molecular formula is C18H19F2NOS. The largest absolute Gasteiger partial charge is 0.388 e. The maximum Gasteiger partial charge on any atom is 0.128 e. The molecule has 1 aliphatic heterocycles. The Hall–Kier alpha value is -1.43. The zero-order valence-electron chi connectivity index (χ0n) is 12.6. The van der Waals surface area contributed by atoms with E-state index in [-0.39, 0.29) is 11.6 Å². The number of halogens is 2. The number of nitrogens with one attached hydrogen (secondary N) is 1. The van der Waals surface area contributed by atoms with E-state index in [1.807, 2.05) is 0 Å². The van der Waals surface area contributed by atoms with E-state index in [9.17, 15) is 13.9 Å². The van der Waals surface area contributed by atoms with E-state index in [0.29, 0.717) is 29.8 Å². The highest BCUT2D eigenvalue weighted by Crippen LogP contribution is 2.30. The molecule has 1 heterocycles. The topological polar surface area (TPSA) is 32.3 Å². The average Bonchev–Trinajstić information content (AvgIpc) is 2.98. The molecule has 0 bridgehead atoms. The van der Waals surface area contributed by atoms with Gasteiger partial charge in [0.05, 0.1) is 11.6 Å². The summed E-state index contributed by atoms with van der Waals surface area (Å²) in [7, 11) is 0. The van der Waals surface area contributed by atoms with Crippen molar-refractivity contribution in [2.24, 2.45) is 0 Å². The molecule has 2 aromatic carbocycles. The van der Waals surface area contributed by atoms with Gasteiger partial charge in [0.15, 0.2) is 0 Å². The van der Waals surface area contributed by atoms with E-state index < -0.39 is 11.6 Å². The summed E-state index contributed by atoms with van der Waals surface area (Å²) in [6.45, 7) is 0.299. The SMILES string of the molecule is OC1(CNC(c2ccccc2F)c2ccccc2F)CCSC1. The van der Waals surface area contributed by atoms with Crippen LogP contribution in [0.15, 0.2) is 48.5 Å². The Labute approximate surface area is 138 Å². The fraction of sp³-hybridized carbons (Fsp3) is 0.333. The van der Waals surface area contributed by atoms with Gasteiger partial charge in [-0.3, -0.25) is 0 Å². The van der Waals surface area contributed by atoms with Gasteiger partial charge < -0.3 is 10.4 Å². The van der Waals surface area contributed by atoms with Gasteiger partial charge in [-0.1, -0.05) is 36.4 Å². The van der Waals surface area contributed by atoms with Crippen molar-refractivity contribution in [1.29, 1.82) is 0 Å². The minimum Gasteiger partial charge on any atom is -0.388 e. The number of hydrogen-bond donors (Lipinski definition) is 2. The molecule has 1 aliphatic rings. The minimum atomic E-state index is -0.820. The Morgan fingerprint density at radius 1 is 1.04 bits per heavy atom. The van der Waals surface area contributed by atoms with Crippen molar-refractivity contribution in [3.63, 3.8) is 0 Å². The number of rotatable bonds is 5. The van der Waals surface area contributed by atoms with E-state index in [0.717, 1.165) is 5.75 Å². The lowest BCUT2D eigenvalue weighted by molar-refractivity contribution is 0.0656. The van der Waals surface area contributed by atoms with Gasteiger partial charge in [0.2, 0.25) is 0 Å². The van der Waals surface area contributed by atoms with Gasteiger partial charge in [0.25, 0.3) is 0 Å². The van der Waals surface area contributed by atoms with Crippen molar-refractivity contribution in [3.05, 3.63) is 71.3 Å².